The van der Waals surface area contributed by atoms with Crippen LogP contribution in [0.25, 0.3) is 0 Å². The summed E-state index contributed by atoms with van der Waals surface area (Å²) >= 11 is 1.49. The van der Waals surface area contributed by atoms with Gasteiger partial charge in [-0.3, -0.25) is 9.59 Å². The molecule has 0 aliphatic heterocycles. The molecule has 0 aliphatic carbocycles. The Bertz CT molecular complexity index is 649. The van der Waals surface area contributed by atoms with Gasteiger partial charge < -0.3 is 10.4 Å². The molecule has 0 saturated carbocycles. The molecule has 0 aromatic heterocycles. The van der Waals surface area contributed by atoms with Gasteiger partial charge in [-0.2, -0.15) is 16.5 Å². The second-order valence-electron chi connectivity index (χ2n) is 5.25. The monoisotopic (exact) mass is 374 g/mol. The molecule has 0 spiro atoms. The lowest BCUT2D eigenvalue weighted by Gasteiger charge is -2.19. The first-order valence-electron chi connectivity index (χ1n) is 7.34. The summed E-state index contributed by atoms with van der Waals surface area (Å²) < 4.78 is 27.1. The molecule has 2 atom stereocenters. The van der Waals surface area contributed by atoms with Crippen LogP contribution in [0, 0.1) is 5.92 Å². The van der Waals surface area contributed by atoms with Crippen LogP contribution >= 0.6 is 11.8 Å². The molecule has 7 nitrogen and oxygen atoms in total. The molecule has 2 unspecified atom stereocenters. The van der Waals surface area contributed by atoms with Crippen LogP contribution in [0.2, 0.25) is 0 Å². The zero-order valence-corrected chi connectivity index (χ0v) is 15.2. The van der Waals surface area contributed by atoms with Crippen LogP contribution < -0.4 is 10.0 Å². The molecule has 1 rings (SSSR count). The van der Waals surface area contributed by atoms with Gasteiger partial charge in [-0.15, -0.1) is 0 Å². The molecule has 0 saturated heterocycles. The first-order chi connectivity index (χ1) is 11.3. The van der Waals surface area contributed by atoms with E-state index in [1.54, 1.807) is 18.2 Å². The van der Waals surface area contributed by atoms with Crippen molar-refractivity contribution in [2.75, 3.05) is 18.6 Å². The third-order valence-corrected chi connectivity index (χ3v) is 5.41. The van der Waals surface area contributed by atoms with Crippen molar-refractivity contribution >= 4 is 33.7 Å². The summed E-state index contributed by atoms with van der Waals surface area (Å²) in [6, 6.07) is 6.82. The van der Waals surface area contributed by atoms with E-state index in [0.717, 1.165) is 0 Å². The van der Waals surface area contributed by atoms with Crippen LogP contribution in [0.3, 0.4) is 0 Å². The lowest BCUT2D eigenvalue weighted by atomic mass is 10.1. The van der Waals surface area contributed by atoms with E-state index in [-0.39, 0.29) is 11.4 Å². The van der Waals surface area contributed by atoms with Crippen LogP contribution in [0.4, 0.5) is 0 Å². The maximum Gasteiger partial charge on any atom is 0.308 e. The van der Waals surface area contributed by atoms with Crippen LogP contribution in [0.5, 0.6) is 0 Å². The van der Waals surface area contributed by atoms with E-state index >= 15 is 0 Å². The number of carboxylic acid groups (broad SMARTS) is 1. The Morgan fingerprint density at radius 2 is 1.88 bits per heavy atom. The van der Waals surface area contributed by atoms with Gasteiger partial charge in [-0.25, -0.2) is 8.42 Å². The SMILES string of the molecule is CSCCC(NS(=O)(=O)c1ccccc1)C(=O)NCC(C)C(=O)O. The molecule has 0 radical (unpaired) electrons. The number of amides is 1. The number of rotatable bonds is 10. The number of hydrogen-bond donors (Lipinski definition) is 3. The number of sulfonamides is 1. The maximum atomic E-state index is 12.4. The first kappa shape index (κ1) is 20.5. The third kappa shape index (κ3) is 6.50. The summed E-state index contributed by atoms with van der Waals surface area (Å²) in [6.07, 6.45) is 2.16. The van der Waals surface area contributed by atoms with Crippen molar-refractivity contribution in [2.45, 2.75) is 24.3 Å². The minimum Gasteiger partial charge on any atom is -0.481 e. The zero-order valence-electron chi connectivity index (χ0n) is 13.6. The molecule has 1 amide bonds. The third-order valence-electron chi connectivity index (χ3n) is 3.28. The molecule has 0 bridgehead atoms. The van der Waals surface area contributed by atoms with Crippen LogP contribution in [-0.2, 0) is 19.6 Å². The minimum absolute atomic E-state index is 0.0585. The molecule has 1 aromatic carbocycles. The number of thioether (sulfide) groups is 1. The molecule has 0 fully saturated rings. The summed E-state index contributed by atoms with van der Waals surface area (Å²) in [7, 11) is -3.83. The molecule has 1 aromatic rings. The highest BCUT2D eigenvalue weighted by molar-refractivity contribution is 7.98. The number of hydrogen-bond acceptors (Lipinski definition) is 5. The van der Waals surface area contributed by atoms with Crippen molar-refractivity contribution in [1.82, 2.24) is 10.0 Å². The highest BCUT2D eigenvalue weighted by atomic mass is 32.2. The highest BCUT2D eigenvalue weighted by Gasteiger charge is 2.26. The summed E-state index contributed by atoms with van der Waals surface area (Å²) in [6.45, 7) is 1.41. The number of aliphatic carboxylic acids is 1. The lowest BCUT2D eigenvalue weighted by molar-refractivity contribution is -0.141. The smallest absolute Gasteiger partial charge is 0.308 e. The quantitative estimate of drug-likeness (QED) is 0.561. The van der Waals surface area contributed by atoms with Gasteiger partial charge in [0.05, 0.1) is 10.8 Å². The predicted octanol–water partition coefficient (Wildman–Crippen LogP) is 0.924. The summed E-state index contributed by atoms with van der Waals surface area (Å²) in [5.74, 6) is -1.72. The van der Waals surface area contributed by atoms with Crippen molar-refractivity contribution in [2.24, 2.45) is 5.92 Å². The Morgan fingerprint density at radius 3 is 2.42 bits per heavy atom. The van der Waals surface area contributed by atoms with Crippen molar-refractivity contribution in [1.29, 1.82) is 0 Å². The number of carbonyl (C=O) groups excluding carboxylic acids is 1. The van der Waals surface area contributed by atoms with Gasteiger partial charge in [-0.05, 0) is 30.6 Å². The van der Waals surface area contributed by atoms with Crippen molar-refractivity contribution in [3.63, 3.8) is 0 Å². The standard InChI is InChI=1S/C15H22N2O5S2/c1-11(15(19)20)10-16-14(18)13(8-9-23-2)17-24(21,22)12-6-4-3-5-7-12/h3-7,11,13,17H,8-10H2,1-2H3,(H,16,18)(H,19,20). The Morgan fingerprint density at radius 1 is 1.25 bits per heavy atom. The van der Waals surface area contributed by atoms with E-state index in [4.69, 9.17) is 5.11 Å². The van der Waals surface area contributed by atoms with Crippen LogP contribution in [0.15, 0.2) is 35.2 Å². The van der Waals surface area contributed by atoms with E-state index in [9.17, 15) is 18.0 Å². The van der Waals surface area contributed by atoms with Gasteiger partial charge in [0.15, 0.2) is 0 Å². The largest absolute Gasteiger partial charge is 0.481 e. The van der Waals surface area contributed by atoms with Crippen molar-refractivity contribution < 1.29 is 23.1 Å². The van der Waals surface area contributed by atoms with Gasteiger partial charge >= 0.3 is 5.97 Å². The molecule has 3 N–H and O–H groups in total. The minimum atomic E-state index is -3.83. The summed E-state index contributed by atoms with van der Waals surface area (Å²) in [5, 5.41) is 11.3. The van der Waals surface area contributed by atoms with E-state index in [1.165, 1.54) is 30.8 Å². The Hall–Kier alpha value is -1.58. The molecule has 24 heavy (non-hydrogen) atoms. The second kappa shape index (κ2) is 9.65. The predicted molar refractivity (Wildman–Crippen MR) is 93.4 cm³/mol. The molecular weight excluding hydrogens is 352 g/mol. The van der Waals surface area contributed by atoms with Crippen LogP contribution in [-0.4, -0.2) is 50.0 Å². The van der Waals surface area contributed by atoms with Gasteiger partial charge in [0.1, 0.15) is 6.04 Å². The van der Waals surface area contributed by atoms with Crippen LogP contribution in [0.1, 0.15) is 13.3 Å². The molecule has 9 heteroatoms. The average Bonchev–Trinajstić information content (AvgIpc) is 2.56. The second-order valence-corrected chi connectivity index (χ2v) is 7.95. The van der Waals surface area contributed by atoms with Gasteiger partial charge in [-0.1, -0.05) is 25.1 Å². The van der Waals surface area contributed by atoms with Crippen molar-refractivity contribution in [3.8, 4) is 0 Å². The Labute approximate surface area is 146 Å². The molecular formula is C15H22N2O5S2. The van der Waals surface area contributed by atoms with E-state index in [1.807, 2.05) is 6.26 Å². The fraction of sp³-hybridized carbons (Fsp3) is 0.467. The Kier molecular flexibility index (Phi) is 8.23. The average molecular weight is 374 g/mol. The Balaban J connectivity index is 2.81. The number of carbonyl (C=O) groups is 2. The number of carboxylic acids is 1. The zero-order chi connectivity index (χ0) is 18.2. The fourth-order valence-electron chi connectivity index (χ4n) is 1.80. The molecule has 0 aliphatic rings. The number of nitrogens with one attached hydrogen (secondary N) is 2. The molecule has 0 heterocycles. The number of benzene rings is 1. The van der Waals surface area contributed by atoms with Gasteiger partial charge in [0.25, 0.3) is 0 Å². The molecule has 134 valence electrons. The fourth-order valence-corrected chi connectivity index (χ4v) is 3.52. The van der Waals surface area contributed by atoms with E-state index < -0.39 is 33.9 Å². The highest BCUT2D eigenvalue weighted by Crippen LogP contribution is 2.10. The van der Waals surface area contributed by atoms with Gasteiger partial charge in [0, 0.05) is 6.54 Å². The van der Waals surface area contributed by atoms with E-state index in [2.05, 4.69) is 10.0 Å². The van der Waals surface area contributed by atoms with Gasteiger partial charge in [0.2, 0.25) is 15.9 Å². The first-order valence-corrected chi connectivity index (χ1v) is 10.2. The summed E-state index contributed by atoms with van der Waals surface area (Å²) in [4.78, 5) is 23.1. The maximum absolute atomic E-state index is 12.4. The van der Waals surface area contributed by atoms with E-state index in [0.29, 0.717) is 12.2 Å². The topological polar surface area (TPSA) is 113 Å². The summed E-state index contributed by atoms with van der Waals surface area (Å²) in [5.41, 5.74) is 0. The normalized spacial score (nSPS) is 13.9. The lowest BCUT2D eigenvalue weighted by Crippen LogP contribution is -2.48. The van der Waals surface area contributed by atoms with Crippen molar-refractivity contribution in [3.05, 3.63) is 30.3 Å².